The van der Waals surface area contributed by atoms with Gasteiger partial charge in [-0.2, -0.15) is 9.79 Å². The largest absolute Gasteiger partial charge is 0.492 e. The van der Waals surface area contributed by atoms with E-state index in [1.54, 1.807) is 12.1 Å². The number of carbonyl (C=O) groups excluding carboxylic acids is 1. The average molecular weight is 672 g/mol. The Morgan fingerprint density at radius 1 is 0.915 bits per heavy atom. The first-order valence-electron chi connectivity index (χ1n) is 15.7. The second kappa shape index (κ2) is 15.4. The summed E-state index contributed by atoms with van der Waals surface area (Å²) in [6, 6.07) is 16.7. The lowest BCUT2D eigenvalue weighted by Gasteiger charge is -2.35. The quantitative estimate of drug-likeness (QED) is 0.286. The first-order valence-corrected chi connectivity index (χ1v) is 17.1. The Morgan fingerprint density at radius 3 is 2.36 bits per heavy atom. The number of amides is 1. The van der Waals surface area contributed by atoms with Gasteiger partial charge in [0, 0.05) is 44.8 Å². The number of fused-ring (bicyclic) bond motifs is 1. The molecule has 3 aromatic carbocycles. The molecule has 0 aromatic heterocycles. The Hall–Kier alpha value is -3.79. The Kier molecular flexibility index (Phi) is 10.9. The molecule has 0 bridgehead atoms. The molecular weight excluding hydrogens is 633 g/mol. The van der Waals surface area contributed by atoms with Crippen molar-refractivity contribution in [1.29, 1.82) is 0 Å². The number of hydrogen-bond donors (Lipinski definition) is 1. The van der Waals surface area contributed by atoms with Crippen molar-refractivity contribution in [2.24, 2.45) is 0 Å². The van der Waals surface area contributed by atoms with Crippen molar-refractivity contribution in [3.05, 3.63) is 83.7 Å². The van der Waals surface area contributed by atoms with Gasteiger partial charge < -0.3 is 23.7 Å². The van der Waals surface area contributed by atoms with E-state index in [1.807, 2.05) is 6.07 Å². The van der Waals surface area contributed by atoms with Crippen LogP contribution < -0.4 is 15.0 Å². The fourth-order valence-electron chi connectivity index (χ4n) is 5.62. The summed E-state index contributed by atoms with van der Waals surface area (Å²) in [6.07, 6.45) is -0.0508. The van der Waals surface area contributed by atoms with Crippen LogP contribution in [0.1, 0.15) is 36.6 Å². The van der Waals surface area contributed by atoms with Crippen LogP contribution in [0.5, 0.6) is 17.2 Å². The molecule has 2 saturated heterocycles. The number of nitrogens with zero attached hydrogens (tertiary/aromatic N) is 2. The molecule has 3 aliphatic heterocycles. The molecule has 2 atom stereocenters. The normalized spacial score (nSPS) is 20.6. The summed E-state index contributed by atoms with van der Waals surface area (Å²) >= 11 is 0. The molecule has 1 N–H and O–H groups in total. The molecule has 12 nitrogen and oxygen atoms in total. The van der Waals surface area contributed by atoms with E-state index in [1.165, 1.54) is 48.5 Å². The SMILES string of the molecule is O=C(NOC1CCCCO1)OC1c2ccc(OCCN3CCOCC3)cc2CCN1S(=O)(=O)c1ccc(Oc2ccc(F)cc2)cc1. The lowest BCUT2D eigenvalue weighted by molar-refractivity contribution is -0.191. The molecular formula is C33H38FN3O9S. The maximum atomic E-state index is 14.0. The van der Waals surface area contributed by atoms with Crippen LogP contribution >= 0.6 is 0 Å². The highest BCUT2D eigenvalue weighted by Gasteiger charge is 2.39. The number of hydroxylamine groups is 1. The zero-order valence-corrected chi connectivity index (χ0v) is 26.7. The third kappa shape index (κ3) is 8.58. The van der Waals surface area contributed by atoms with E-state index in [4.69, 9.17) is 28.5 Å². The standard InChI is InChI=1S/C33H38FN3O9S/c34-25-4-6-26(7-5-25)44-27-8-11-29(12-9-27)47(39,40)37-15-14-24-23-28(42-22-18-36-16-20-41-21-17-36)10-13-30(24)32(37)45-33(38)35-46-31-3-1-2-19-43-31/h4-13,23,31-32H,1-3,14-22H2,(H,35,38). The predicted octanol–water partition coefficient (Wildman–Crippen LogP) is 4.76. The van der Waals surface area contributed by atoms with Crippen LogP contribution in [0.2, 0.25) is 0 Å². The number of carbonyl (C=O) groups is 1. The summed E-state index contributed by atoms with van der Waals surface area (Å²) in [6.45, 7) is 4.96. The average Bonchev–Trinajstić information content (AvgIpc) is 3.09. The second-order valence-corrected chi connectivity index (χ2v) is 13.2. The topological polar surface area (TPSA) is 125 Å². The minimum atomic E-state index is -4.16. The van der Waals surface area contributed by atoms with Crippen molar-refractivity contribution < 1.29 is 46.1 Å². The van der Waals surface area contributed by atoms with E-state index in [0.717, 1.165) is 42.3 Å². The van der Waals surface area contributed by atoms with Crippen LogP contribution in [0.3, 0.4) is 0 Å². The van der Waals surface area contributed by atoms with Crippen LogP contribution in [0.15, 0.2) is 71.6 Å². The van der Waals surface area contributed by atoms with E-state index in [2.05, 4.69) is 10.4 Å². The molecule has 14 heteroatoms. The zero-order valence-electron chi connectivity index (χ0n) is 25.8. The number of morpholine rings is 1. The van der Waals surface area contributed by atoms with Gasteiger partial charge >= 0.3 is 6.09 Å². The van der Waals surface area contributed by atoms with Gasteiger partial charge in [0.15, 0.2) is 12.5 Å². The molecule has 0 radical (unpaired) electrons. The summed E-state index contributed by atoms with van der Waals surface area (Å²) in [4.78, 5) is 20.6. The minimum absolute atomic E-state index is 0.0173. The van der Waals surface area contributed by atoms with Gasteiger partial charge in [0.2, 0.25) is 10.0 Å². The Balaban J connectivity index is 1.18. The van der Waals surface area contributed by atoms with Crippen LogP contribution in [-0.4, -0.2) is 82.6 Å². The number of ether oxygens (including phenoxy) is 5. The van der Waals surface area contributed by atoms with E-state index in [0.29, 0.717) is 62.1 Å². The van der Waals surface area contributed by atoms with Crippen LogP contribution in [0, 0.1) is 5.82 Å². The number of hydrogen-bond acceptors (Lipinski definition) is 10. The summed E-state index contributed by atoms with van der Waals surface area (Å²) in [5.41, 5.74) is 3.58. The molecule has 3 aliphatic rings. The number of sulfonamides is 1. The molecule has 252 valence electrons. The van der Waals surface area contributed by atoms with Crippen LogP contribution in [0.25, 0.3) is 0 Å². The highest BCUT2D eigenvalue weighted by atomic mass is 32.2. The zero-order chi connectivity index (χ0) is 32.6. The molecule has 0 spiro atoms. The molecule has 3 heterocycles. The number of nitrogens with one attached hydrogen (secondary N) is 1. The summed E-state index contributed by atoms with van der Waals surface area (Å²) < 4.78 is 70.8. The number of rotatable bonds is 11. The van der Waals surface area contributed by atoms with E-state index >= 15 is 0 Å². The van der Waals surface area contributed by atoms with Crippen molar-refractivity contribution >= 4 is 16.1 Å². The van der Waals surface area contributed by atoms with Crippen molar-refractivity contribution in [2.75, 3.05) is 52.6 Å². The maximum Gasteiger partial charge on any atom is 0.433 e. The number of halogens is 1. The highest BCUT2D eigenvalue weighted by Crippen LogP contribution is 2.37. The third-order valence-corrected chi connectivity index (χ3v) is 9.99. The smallest absolute Gasteiger partial charge is 0.433 e. The van der Waals surface area contributed by atoms with Gasteiger partial charge in [-0.3, -0.25) is 4.90 Å². The monoisotopic (exact) mass is 671 g/mol. The summed E-state index contributed by atoms with van der Waals surface area (Å²) in [5.74, 6) is 1.02. The maximum absolute atomic E-state index is 14.0. The first-order chi connectivity index (χ1) is 22.8. The van der Waals surface area contributed by atoms with E-state index in [9.17, 15) is 17.6 Å². The second-order valence-electron chi connectivity index (χ2n) is 11.3. The molecule has 2 fully saturated rings. The van der Waals surface area contributed by atoms with Gasteiger partial charge in [-0.05, 0) is 91.6 Å². The van der Waals surface area contributed by atoms with Crippen molar-refractivity contribution in [2.45, 2.75) is 43.1 Å². The Bertz CT molecular complexity index is 1600. The molecule has 6 rings (SSSR count). The van der Waals surface area contributed by atoms with E-state index in [-0.39, 0.29) is 11.4 Å². The molecule has 0 aliphatic carbocycles. The van der Waals surface area contributed by atoms with Crippen LogP contribution in [0.4, 0.5) is 9.18 Å². The molecule has 47 heavy (non-hydrogen) atoms. The van der Waals surface area contributed by atoms with Gasteiger partial charge in [0.05, 0.1) is 18.1 Å². The van der Waals surface area contributed by atoms with Crippen molar-refractivity contribution in [3.8, 4) is 17.2 Å². The summed E-state index contributed by atoms with van der Waals surface area (Å²) in [5, 5.41) is 0. The molecule has 1 amide bonds. The Morgan fingerprint density at radius 2 is 1.64 bits per heavy atom. The molecule has 2 unspecified atom stereocenters. The predicted molar refractivity (Wildman–Crippen MR) is 167 cm³/mol. The van der Waals surface area contributed by atoms with Crippen molar-refractivity contribution in [1.82, 2.24) is 14.7 Å². The Labute approximate surface area is 273 Å². The lowest BCUT2D eigenvalue weighted by atomic mass is 9.99. The van der Waals surface area contributed by atoms with Crippen LogP contribution in [-0.2, 0) is 35.5 Å². The van der Waals surface area contributed by atoms with E-state index < -0.39 is 34.5 Å². The summed E-state index contributed by atoms with van der Waals surface area (Å²) in [7, 11) is -4.16. The minimum Gasteiger partial charge on any atom is -0.492 e. The fraction of sp³-hybridized carbons (Fsp3) is 0.424. The molecule has 0 saturated carbocycles. The van der Waals surface area contributed by atoms with Crippen molar-refractivity contribution in [3.63, 3.8) is 0 Å². The van der Waals surface area contributed by atoms with Gasteiger partial charge in [0.1, 0.15) is 29.7 Å². The van der Waals surface area contributed by atoms with Gasteiger partial charge in [-0.15, -0.1) is 0 Å². The lowest BCUT2D eigenvalue weighted by Crippen LogP contribution is -2.44. The van der Waals surface area contributed by atoms with Gasteiger partial charge in [-0.25, -0.2) is 22.4 Å². The fourth-order valence-corrected chi connectivity index (χ4v) is 7.11. The number of benzene rings is 3. The van der Waals surface area contributed by atoms with Gasteiger partial charge in [0.25, 0.3) is 0 Å². The van der Waals surface area contributed by atoms with Gasteiger partial charge in [-0.1, -0.05) is 0 Å². The molecule has 3 aromatic rings. The first kappa shape index (κ1) is 33.1. The third-order valence-electron chi connectivity index (χ3n) is 8.13. The highest BCUT2D eigenvalue weighted by molar-refractivity contribution is 7.89.